The first-order valence-corrected chi connectivity index (χ1v) is 4.62. The van der Waals surface area contributed by atoms with Crippen molar-refractivity contribution in [1.82, 2.24) is 0 Å². The van der Waals surface area contributed by atoms with Crippen LogP contribution in [-0.2, 0) is 0 Å². The molecule has 0 aliphatic heterocycles. The van der Waals surface area contributed by atoms with Crippen molar-refractivity contribution in [3.05, 3.63) is 0 Å². The van der Waals surface area contributed by atoms with Crippen molar-refractivity contribution in [2.24, 2.45) is 17.6 Å². The summed E-state index contributed by atoms with van der Waals surface area (Å²) in [7, 11) is 0. The van der Waals surface area contributed by atoms with Gasteiger partial charge in [-0.1, -0.05) is 19.3 Å². The molecule has 2 atom stereocenters. The van der Waals surface area contributed by atoms with Crippen LogP contribution in [0.25, 0.3) is 0 Å². The highest BCUT2D eigenvalue weighted by Crippen LogP contribution is 2.35. The average molecular weight is 157 g/mol. The van der Waals surface area contributed by atoms with Crippen LogP contribution in [0.1, 0.15) is 32.6 Å². The predicted octanol–water partition coefficient (Wildman–Crippen LogP) is 1.13. The zero-order valence-electron chi connectivity index (χ0n) is 7.29. The lowest BCUT2D eigenvalue weighted by molar-refractivity contribution is 0.115. The molecule has 0 aromatic carbocycles. The van der Waals surface area contributed by atoms with Crippen molar-refractivity contribution in [1.29, 1.82) is 0 Å². The van der Waals surface area contributed by atoms with Gasteiger partial charge in [-0.25, -0.2) is 0 Å². The van der Waals surface area contributed by atoms with Gasteiger partial charge in [0.25, 0.3) is 0 Å². The maximum absolute atomic E-state index is 9.17. The van der Waals surface area contributed by atoms with Crippen LogP contribution in [0.2, 0.25) is 0 Å². The van der Waals surface area contributed by atoms with Crippen molar-refractivity contribution < 1.29 is 5.11 Å². The molecule has 0 aromatic heterocycles. The molecule has 1 aliphatic rings. The van der Waals surface area contributed by atoms with E-state index < -0.39 is 0 Å². The molecule has 3 N–H and O–H groups in total. The number of rotatable bonds is 4. The summed E-state index contributed by atoms with van der Waals surface area (Å²) in [5.74, 6) is 1.39. The van der Waals surface area contributed by atoms with Crippen LogP contribution in [0, 0.1) is 11.8 Å². The van der Waals surface area contributed by atoms with E-state index in [1.54, 1.807) is 0 Å². The first-order chi connectivity index (χ1) is 5.24. The van der Waals surface area contributed by atoms with Crippen LogP contribution in [0.15, 0.2) is 0 Å². The Kier molecular flexibility index (Phi) is 3.34. The van der Waals surface area contributed by atoms with Crippen LogP contribution in [0.3, 0.4) is 0 Å². The Morgan fingerprint density at radius 2 is 2.18 bits per heavy atom. The topological polar surface area (TPSA) is 46.2 Å². The van der Waals surface area contributed by atoms with Crippen LogP contribution in [-0.4, -0.2) is 17.8 Å². The van der Waals surface area contributed by atoms with E-state index in [1.165, 1.54) is 19.3 Å². The number of nitrogens with two attached hydrogens (primary N) is 1. The molecule has 0 bridgehead atoms. The van der Waals surface area contributed by atoms with E-state index in [0.29, 0.717) is 5.92 Å². The molecule has 0 saturated heterocycles. The Balaban J connectivity index is 2.23. The fourth-order valence-corrected chi connectivity index (χ4v) is 1.83. The molecule has 0 radical (unpaired) electrons. The van der Waals surface area contributed by atoms with E-state index in [2.05, 4.69) is 0 Å². The molecule has 2 heteroatoms. The van der Waals surface area contributed by atoms with Gasteiger partial charge < -0.3 is 10.8 Å². The molecule has 1 aliphatic carbocycles. The van der Waals surface area contributed by atoms with E-state index in [1.807, 2.05) is 6.92 Å². The molecule has 2 unspecified atom stereocenters. The Hall–Kier alpha value is -0.0800. The summed E-state index contributed by atoms with van der Waals surface area (Å²) in [6, 6.07) is 0. The zero-order chi connectivity index (χ0) is 8.27. The second-order valence-electron chi connectivity index (χ2n) is 3.77. The average Bonchev–Trinajstić information content (AvgIpc) is 1.81. The number of aliphatic hydroxyl groups excluding tert-OH is 1. The van der Waals surface area contributed by atoms with Crippen LogP contribution in [0.5, 0.6) is 0 Å². The van der Waals surface area contributed by atoms with Gasteiger partial charge in [-0.15, -0.1) is 0 Å². The Morgan fingerprint density at radius 1 is 1.55 bits per heavy atom. The van der Waals surface area contributed by atoms with Crippen LogP contribution in [0.4, 0.5) is 0 Å². The lowest BCUT2D eigenvalue weighted by atomic mass is 9.74. The van der Waals surface area contributed by atoms with Gasteiger partial charge in [0.05, 0.1) is 6.10 Å². The minimum absolute atomic E-state index is 0.177. The summed E-state index contributed by atoms with van der Waals surface area (Å²) in [5, 5.41) is 9.17. The zero-order valence-corrected chi connectivity index (χ0v) is 7.29. The molecule has 66 valence electrons. The third-order valence-corrected chi connectivity index (χ3v) is 2.76. The van der Waals surface area contributed by atoms with Gasteiger partial charge in [0, 0.05) is 0 Å². The maximum Gasteiger partial charge on any atom is 0.0515 e. The lowest BCUT2D eigenvalue weighted by Crippen LogP contribution is -2.30. The standard InChI is InChI=1S/C9H19NO/c1-7(11)5-9(6-10)8-3-2-4-8/h7-9,11H,2-6,10H2,1H3. The molecule has 0 heterocycles. The van der Waals surface area contributed by atoms with E-state index >= 15 is 0 Å². The number of hydrogen-bond acceptors (Lipinski definition) is 2. The third kappa shape index (κ3) is 2.46. The summed E-state index contributed by atoms with van der Waals surface area (Å²) in [6.07, 6.45) is 4.73. The van der Waals surface area contributed by atoms with E-state index in [0.717, 1.165) is 18.9 Å². The van der Waals surface area contributed by atoms with Crippen LogP contribution >= 0.6 is 0 Å². The quantitative estimate of drug-likeness (QED) is 0.642. The highest BCUT2D eigenvalue weighted by molar-refractivity contribution is 4.79. The molecule has 0 spiro atoms. The van der Waals surface area contributed by atoms with Crippen molar-refractivity contribution in [2.45, 2.75) is 38.7 Å². The Labute approximate surface area is 68.8 Å². The van der Waals surface area contributed by atoms with Gasteiger partial charge in [-0.05, 0) is 31.7 Å². The molecule has 1 rings (SSSR count). The summed E-state index contributed by atoms with van der Waals surface area (Å²) in [4.78, 5) is 0. The van der Waals surface area contributed by atoms with Gasteiger partial charge in [-0.3, -0.25) is 0 Å². The fraction of sp³-hybridized carbons (Fsp3) is 1.00. The first-order valence-electron chi connectivity index (χ1n) is 4.62. The van der Waals surface area contributed by atoms with E-state index in [-0.39, 0.29) is 6.10 Å². The first kappa shape index (κ1) is 9.01. The second-order valence-corrected chi connectivity index (χ2v) is 3.77. The molecular weight excluding hydrogens is 138 g/mol. The highest BCUT2D eigenvalue weighted by atomic mass is 16.3. The van der Waals surface area contributed by atoms with Gasteiger partial charge in [0.2, 0.25) is 0 Å². The number of aliphatic hydroxyl groups is 1. The van der Waals surface area contributed by atoms with Crippen molar-refractivity contribution in [2.75, 3.05) is 6.54 Å². The molecule has 11 heavy (non-hydrogen) atoms. The Bertz CT molecular complexity index is 110. The largest absolute Gasteiger partial charge is 0.393 e. The SMILES string of the molecule is CC(O)CC(CN)C1CCC1. The smallest absolute Gasteiger partial charge is 0.0515 e. The fourth-order valence-electron chi connectivity index (χ4n) is 1.83. The molecular formula is C9H19NO. The monoisotopic (exact) mass is 157 g/mol. The van der Waals surface area contributed by atoms with Crippen molar-refractivity contribution in [3.8, 4) is 0 Å². The van der Waals surface area contributed by atoms with Crippen molar-refractivity contribution >= 4 is 0 Å². The summed E-state index contributed by atoms with van der Waals surface area (Å²) < 4.78 is 0. The van der Waals surface area contributed by atoms with Gasteiger partial charge in [0.15, 0.2) is 0 Å². The second kappa shape index (κ2) is 4.07. The highest BCUT2D eigenvalue weighted by Gasteiger charge is 2.26. The molecule has 1 fully saturated rings. The maximum atomic E-state index is 9.17. The molecule has 2 nitrogen and oxygen atoms in total. The summed E-state index contributed by atoms with van der Waals surface area (Å²) in [5.41, 5.74) is 5.62. The molecule has 1 saturated carbocycles. The third-order valence-electron chi connectivity index (χ3n) is 2.76. The van der Waals surface area contributed by atoms with Gasteiger partial charge >= 0.3 is 0 Å². The lowest BCUT2D eigenvalue weighted by Gasteiger charge is -2.33. The minimum Gasteiger partial charge on any atom is -0.393 e. The predicted molar refractivity (Wildman–Crippen MR) is 46.2 cm³/mol. The Morgan fingerprint density at radius 3 is 2.45 bits per heavy atom. The number of hydrogen-bond donors (Lipinski definition) is 2. The van der Waals surface area contributed by atoms with E-state index in [4.69, 9.17) is 10.8 Å². The van der Waals surface area contributed by atoms with Crippen molar-refractivity contribution in [3.63, 3.8) is 0 Å². The minimum atomic E-state index is -0.177. The van der Waals surface area contributed by atoms with Gasteiger partial charge in [0.1, 0.15) is 0 Å². The van der Waals surface area contributed by atoms with Crippen LogP contribution < -0.4 is 5.73 Å². The summed E-state index contributed by atoms with van der Waals surface area (Å²) >= 11 is 0. The van der Waals surface area contributed by atoms with Gasteiger partial charge in [-0.2, -0.15) is 0 Å². The van der Waals surface area contributed by atoms with E-state index in [9.17, 15) is 0 Å². The molecule has 0 aromatic rings. The normalized spacial score (nSPS) is 24.3. The molecule has 0 amide bonds. The summed E-state index contributed by atoms with van der Waals surface area (Å²) in [6.45, 7) is 2.59.